The Bertz CT molecular complexity index is 409. The van der Waals surface area contributed by atoms with Crippen molar-refractivity contribution in [2.75, 3.05) is 0 Å². The van der Waals surface area contributed by atoms with E-state index in [0.717, 1.165) is 24.0 Å². The van der Waals surface area contributed by atoms with E-state index >= 15 is 0 Å². The summed E-state index contributed by atoms with van der Waals surface area (Å²) in [5.74, 6) is 1.21. The highest BCUT2D eigenvalue weighted by molar-refractivity contribution is 5.58. The molecule has 1 aromatic rings. The first-order valence-electron chi connectivity index (χ1n) is 5.56. The van der Waals surface area contributed by atoms with Gasteiger partial charge in [-0.25, -0.2) is 0 Å². The summed E-state index contributed by atoms with van der Waals surface area (Å²) < 4.78 is 1.64. The van der Waals surface area contributed by atoms with Gasteiger partial charge in [-0.2, -0.15) is 0 Å². The number of nitrogens with zero attached hydrogens (tertiary/aromatic N) is 1. The minimum Gasteiger partial charge on any atom is -0.494 e. The van der Waals surface area contributed by atoms with Crippen LogP contribution >= 0.6 is 0 Å². The largest absolute Gasteiger partial charge is 0.494 e. The molecule has 2 aliphatic rings. The SMILES string of the molecule is CCCn1c(O)c2c(c1O)C1C=CC2C1. The zero-order chi connectivity index (χ0) is 10.6. The van der Waals surface area contributed by atoms with Gasteiger partial charge in [0.1, 0.15) is 0 Å². The van der Waals surface area contributed by atoms with Crippen LogP contribution in [0.4, 0.5) is 0 Å². The Hall–Kier alpha value is -1.38. The van der Waals surface area contributed by atoms with Gasteiger partial charge in [0.2, 0.25) is 0 Å². The summed E-state index contributed by atoms with van der Waals surface area (Å²) in [6.45, 7) is 2.72. The summed E-state index contributed by atoms with van der Waals surface area (Å²) in [5, 5.41) is 20.1. The van der Waals surface area contributed by atoms with E-state index < -0.39 is 0 Å². The van der Waals surface area contributed by atoms with Gasteiger partial charge in [-0.05, 0) is 12.8 Å². The van der Waals surface area contributed by atoms with Crippen LogP contribution in [0.15, 0.2) is 12.2 Å². The Kier molecular flexibility index (Phi) is 1.67. The molecule has 0 spiro atoms. The van der Waals surface area contributed by atoms with Gasteiger partial charge in [0.15, 0.2) is 11.8 Å². The third kappa shape index (κ3) is 0.954. The van der Waals surface area contributed by atoms with Crippen molar-refractivity contribution < 1.29 is 10.2 Å². The monoisotopic (exact) mass is 205 g/mol. The molecular weight excluding hydrogens is 190 g/mol. The zero-order valence-corrected chi connectivity index (χ0v) is 8.77. The first kappa shape index (κ1) is 8.89. The van der Waals surface area contributed by atoms with Gasteiger partial charge < -0.3 is 10.2 Å². The molecule has 3 rings (SSSR count). The minimum atomic E-state index is 0.279. The molecule has 0 saturated carbocycles. The average molecular weight is 205 g/mol. The molecule has 0 fully saturated rings. The van der Waals surface area contributed by atoms with Crippen LogP contribution in [0, 0.1) is 0 Å². The van der Waals surface area contributed by atoms with E-state index in [1.807, 2.05) is 6.92 Å². The normalized spacial score (nSPS) is 26.2. The van der Waals surface area contributed by atoms with E-state index in [-0.39, 0.29) is 11.8 Å². The van der Waals surface area contributed by atoms with Crippen molar-refractivity contribution in [2.45, 2.75) is 38.1 Å². The van der Waals surface area contributed by atoms with Crippen molar-refractivity contribution in [2.24, 2.45) is 0 Å². The third-order valence-corrected chi connectivity index (χ3v) is 3.56. The fraction of sp³-hybridized carbons (Fsp3) is 0.500. The second-order valence-corrected chi connectivity index (χ2v) is 4.46. The first-order valence-corrected chi connectivity index (χ1v) is 5.56. The van der Waals surface area contributed by atoms with Gasteiger partial charge in [-0.3, -0.25) is 4.57 Å². The molecular formula is C12H15NO2. The second-order valence-electron chi connectivity index (χ2n) is 4.46. The molecule has 15 heavy (non-hydrogen) atoms. The van der Waals surface area contributed by atoms with Crippen LogP contribution < -0.4 is 0 Å². The Morgan fingerprint density at radius 2 is 1.73 bits per heavy atom. The summed E-state index contributed by atoms with van der Waals surface area (Å²) in [4.78, 5) is 0. The Balaban J connectivity index is 2.17. The molecule has 2 aliphatic carbocycles. The van der Waals surface area contributed by atoms with Gasteiger partial charge in [0.25, 0.3) is 0 Å². The van der Waals surface area contributed by atoms with E-state index in [9.17, 15) is 10.2 Å². The van der Waals surface area contributed by atoms with Crippen LogP contribution in [0.5, 0.6) is 11.8 Å². The molecule has 1 aromatic heterocycles. The molecule has 1 heterocycles. The highest BCUT2D eigenvalue weighted by atomic mass is 16.3. The highest BCUT2D eigenvalue weighted by Crippen LogP contribution is 2.56. The summed E-state index contributed by atoms with van der Waals surface area (Å²) in [6.07, 6.45) is 6.22. The maximum absolute atomic E-state index is 10.1. The Morgan fingerprint density at radius 3 is 2.20 bits per heavy atom. The van der Waals surface area contributed by atoms with Crippen molar-refractivity contribution >= 4 is 0 Å². The smallest absolute Gasteiger partial charge is 0.198 e. The molecule has 3 heteroatoms. The topological polar surface area (TPSA) is 45.4 Å². The molecule has 2 N–H and O–H groups in total. The lowest BCUT2D eigenvalue weighted by Gasteiger charge is -2.07. The number of fused-ring (bicyclic) bond motifs is 5. The fourth-order valence-electron chi connectivity index (χ4n) is 2.93. The van der Waals surface area contributed by atoms with Crippen LogP contribution in [0.1, 0.15) is 42.7 Å². The van der Waals surface area contributed by atoms with E-state index in [1.165, 1.54) is 0 Å². The van der Waals surface area contributed by atoms with E-state index in [4.69, 9.17) is 0 Å². The molecule has 0 radical (unpaired) electrons. The van der Waals surface area contributed by atoms with E-state index in [2.05, 4.69) is 12.2 Å². The summed E-state index contributed by atoms with van der Waals surface area (Å²) >= 11 is 0. The lowest BCUT2D eigenvalue weighted by atomic mass is 10.0. The van der Waals surface area contributed by atoms with Crippen molar-refractivity contribution in [1.29, 1.82) is 0 Å². The molecule has 3 nitrogen and oxygen atoms in total. The van der Waals surface area contributed by atoms with Gasteiger partial charge in [-0.15, -0.1) is 0 Å². The fourth-order valence-corrected chi connectivity index (χ4v) is 2.93. The minimum absolute atomic E-state index is 0.279. The number of hydrogen-bond donors (Lipinski definition) is 2. The van der Waals surface area contributed by atoms with Crippen LogP contribution in [-0.4, -0.2) is 14.8 Å². The van der Waals surface area contributed by atoms with Crippen LogP contribution in [-0.2, 0) is 6.54 Å². The highest BCUT2D eigenvalue weighted by Gasteiger charge is 2.40. The maximum Gasteiger partial charge on any atom is 0.198 e. The molecule has 2 unspecified atom stereocenters. The predicted octanol–water partition coefficient (Wildman–Crippen LogP) is 2.45. The van der Waals surface area contributed by atoms with E-state index in [1.54, 1.807) is 4.57 Å². The van der Waals surface area contributed by atoms with Gasteiger partial charge in [-0.1, -0.05) is 19.1 Å². The summed E-state index contributed by atoms with van der Waals surface area (Å²) in [5.41, 5.74) is 1.93. The van der Waals surface area contributed by atoms with Crippen LogP contribution in [0.25, 0.3) is 0 Å². The number of aromatic hydroxyl groups is 2. The predicted molar refractivity (Wildman–Crippen MR) is 57.3 cm³/mol. The lowest BCUT2D eigenvalue weighted by molar-refractivity contribution is 0.360. The quantitative estimate of drug-likeness (QED) is 0.728. The van der Waals surface area contributed by atoms with Crippen molar-refractivity contribution in [1.82, 2.24) is 4.57 Å². The molecule has 0 aliphatic heterocycles. The number of aromatic nitrogens is 1. The van der Waals surface area contributed by atoms with Crippen LogP contribution in [0.3, 0.4) is 0 Å². The molecule has 0 saturated heterocycles. The Morgan fingerprint density at radius 1 is 1.20 bits per heavy atom. The maximum atomic E-state index is 10.1. The van der Waals surface area contributed by atoms with Crippen LogP contribution in [0.2, 0.25) is 0 Å². The number of allylic oxidation sites excluding steroid dienone is 2. The standard InChI is InChI=1S/C12H15NO2/c1-2-5-13-11(14)9-7-3-4-8(6-7)10(9)12(13)15/h3-4,7-8,14-15H,2,5-6H2,1H3. The zero-order valence-electron chi connectivity index (χ0n) is 8.77. The number of hydrogen-bond acceptors (Lipinski definition) is 2. The molecule has 2 atom stereocenters. The molecule has 0 aromatic carbocycles. The molecule has 80 valence electrons. The van der Waals surface area contributed by atoms with Gasteiger partial charge >= 0.3 is 0 Å². The molecule has 2 bridgehead atoms. The second kappa shape index (κ2) is 2.81. The Labute approximate surface area is 88.7 Å². The van der Waals surface area contributed by atoms with Gasteiger partial charge in [0.05, 0.1) is 0 Å². The van der Waals surface area contributed by atoms with Crippen molar-refractivity contribution in [3.05, 3.63) is 23.3 Å². The first-order chi connectivity index (χ1) is 7.24. The van der Waals surface area contributed by atoms with Gasteiger partial charge in [0, 0.05) is 29.5 Å². The average Bonchev–Trinajstić information content (AvgIpc) is 2.87. The third-order valence-electron chi connectivity index (χ3n) is 3.56. The summed E-state index contributed by atoms with van der Waals surface area (Å²) in [7, 11) is 0. The summed E-state index contributed by atoms with van der Waals surface area (Å²) in [6, 6.07) is 0. The molecule has 0 amide bonds. The number of rotatable bonds is 2. The lowest BCUT2D eigenvalue weighted by Crippen LogP contribution is -1.97. The van der Waals surface area contributed by atoms with E-state index in [0.29, 0.717) is 18.4 Å². The van der Waals surface area contributed by atoms with Crippen molar-refractivity contribution in [3.63, 3.8) is 0 Å². The van der Waals surface area contributed by atoms with Crippen molar-refractivity contribution in [3.8, 4) is 11.8 Å².